The molecule has 5 heterocycles. The number of fused-ring (bicyclic) bond motifs is 2. The summed E-state index contributed by atoms with van der Waals surface area (Å²) in [5, 5.41) is 5.49. The summed E-state index contributed by atoms with van der Waals surface area (Å²) in [4.78, 5) is 12.2. The Morgan fingerprint density at radius 3 is 2.82 bits per heavy atom. The van der Waals surface area contributed by atoms with Gasteiger partial charge in [-0.2, -0.15) is 0 Å². The summed E-state index contributed by atoms with van der Waals surface area (Å²) in [5.74, 6) is 2.31. The molecule has 0 N–H and O–H groups in total. The predicted molar refractivity (Wildman–Crippen MR) is 133 cm³/mol. The highest BCUT2D eigenvalue weighted by Gasteiger charge is 2.34. The number of hydrogen-bond acceptors (Lipinski definition) is 7. The van der Waals surface area contributed by atoms with Crippen LogP contribution in [0.2, 0.25) is 0 Å². The van der Waals surface area contributed by atoms with E-state index in [-0.39, 0.29) is 0 Å². The summed E-state index contributed by atoms with van der Waals surface area (Å²) in [5.41, 5.74) is 2.15. The lowest BCUT2D eigenvalue weighted by Crippen LogP contribution is -2.57. The fraction of sp³-hybridized carbons (Fsp3) is 0.556. The lowest BCUT2D eigenvalue weighted by molar-refractivity contribution is 0.0716. The summed E-state index contributed by atoms with van der Waals surface area (Å²) in [6.07, 6.45) is 7.00. The van der Waals surface area contributed by atoms with Gasteiger partial charge < -0.3 is 14.2 Å². The third kappa shape index (κ3) is 4.51. The van der Waals surface area contributed by atoms with Crippen molar-refractivity contribution in [3.05, 3.63) is 48.2 Å². The van der Waals surface area contributed by atoms with Gasteiger partial charge in [0.15, 0.2) is 11.4 Å². The minimum atomic E-state index is 0.558. The zero-order chi connectivity index (χ0) is 22.9. The van der Waals surface area contributed by atoms with Crippen molar-refractivity contribution in [1.82, 2.24) is 19.9 Å². The van der Waals surface area contributed by atoms with Crippen LogP contribution in [0.3, 0.4) is 0 Å². The standard InChI is InChI=1S/C27H35N5O2/c1-20-5-4-12-30(20)16-21-9-11-26(28-15-21)33-19-22-8-10-23-18-32(14-13-31(23)17-22)27-24-6-2-3-7-25(24)34-29-27/h2-3,6-7,9,11,15,20,22-23H,4-5,8,10,12-14,16-19H2,1H3/t20?,22-,23+/m1/s1. The second-order valence-electron chi connectivity index (χ2n) is 10.3. The van der Waals surface area contributed by atoms with E-state index in [1.807, 2.05) is 24.4 Å². The molecule has 0 spiro atoms. The van der Waals surface area contributed by atoms with Crippen LogP contribution in [0, 0.1) is 5.92 Å². The van der Waals surface area contributed by atoms with Gasteiger partial charge in [-0.25, -0.2) is 4.98 Å². The quantitative estimate of drug-likeness (QED) is 0.546. The van der Waals surface area contributed by atoms with Crippen molar-refractivity contribution in [3.63, 3.8) is 0 Å². The molecule has 180 valence electrons. The van der Waals surface area contributed by atoms with Crippen LogP contribution >= 0.6 is 0 Å². The number of nitrogens with zero attached hydrogens (tertiary/aromatic N) is 5. The molecule has 0 aliphatic carbocycles. The Morgan fingerprint density at radius 2 is 1.97 bits per heavy atom. The molecular weight excluding hydrogens is 426 g/mol. The van der Waals surface area contributed by atoms with Gasteiger partial charge in [0.05, 0.1) is 12.0 Å². The van der Waals surface area contributed by atoms with Crippen molar-refractivity contribution in [2.24, 2.45) is 5.92 Å². The lowest BCUT2D eigenvalue weighted by atomic mass is 9.91. The van der Waals surface area contributed by atoms with E-state index in [0.29, 0.717) is 18.0 Å². The monoisotopic (exact) mass is 461 g/mol. The third-order valence-electron chi connectivity index (χ3n) is 8.00. The average molecular weight is 462 g/mol. The van der Waals surface area contributed by atoms with E-state index >= 15 is 0 Å². The Bertz CT molecular complexity index is 1100. The molecule has 7 heteroatoms. The molecule has 3 aliphatic rings. The average Bonchev–Trinajstić information content (AvgIpc) is 3.49. The summed E-state index contributed by atoms with van der Waals surface area (Å²) < 4.78 is 11.7. The number of anilines is 1. The van der Waals surface area contributed by atoms with E-state index < -0.39 is 0 Å². The summed E-state index contributed by atoms with van der Waals surface area (Å²) in [6, 6.07) is 13.6. The molecule has 7 nitrogen and oxygen atoms in total. The van der Waals surface area contributed by atoms with Gasteiger partial charge in [0.25, 0.3) is 0 Å². The molecule has 1 unspecified atom stereocenters. The highest BCUT2D eigenvalue weighted by atomic mass is 16.5. The van der Waals surface area contributed by atoms with Crippen molar-refractivity contribution < 1.29 is 9.26 Å². The Kier molecular flexibility index (Phi) is 6.14. The molecular formula is C27H35N5O2. The molecule has 0 bridgehead atoms. The van der Waals surface area contributed by atoms with Crippen LogP contribution in [-0.2, 0) is 6.54 Å². The van der Waals surface area contributed by atoms with Crippen LogP contribution in [0.15, 0.2) is 47.1 Å². The molecule has 3 fully saturated rings. The molecule has 3 saturated heterocycles. The zero-order valence-corrected chi connectivity index (χ0v) is 20.1. The Hall–Kier alpha value is -2.64. The van der Waals surface area contributed by atoms with Crippen molar-refractivity contribution in [1.29, 1.82) is 0 Å². The van der Waals surface area contributed by atoms with E-state index in [0.717, 1.165) is 62.0 Å². The van der Waals surface area contributed by atoms with Gasteiger partial charge in [-0.1, -0.05) is 23.4 Å². The lowest BCUT2D eigenvalue weighted by Gasteiger charge is -2.46. The van der Waals surface area contributed by atoms with Crippen molar-refractivity contribution >= 4 is 16.8 Å². The highest BCUT2D eigenvalue weighted by molar-refractivity contribution is 5.88. The molecule has 0 saturated carbocycles. The maximum Gasteiger partial charge on any atom is 0.213 e. The molecule has 0 amide bonds. The van der Waals surface area contributed by atoms with Crippen LogP contribution in [0.5, 0.6) is 5.88 Å². The van der Waals surface area contributed by atoms with Gasteiger partial charge in [-0.3, -0.25) is 9.80 Å². The van der Waals surface area contributed by atoms with E-state index in [1.165, 1.54) is 37.8 Å². The number of likely N-dealkylation sites (tertiary alicyclic amines) is 1. The number of para-hydroxylation sites is 1. The number of rotatable bonds is 6. The number of pyridine rings is 1. The molecule has 1 aromatic carbocycles. The number of benzene rings is 1. The second kappa shape index (κ2) is 9.55. The van der Waals surface area contributed by atoms with Crippen molar-refractivity contribution in [3.8, 4) is 5.88 Å². The largest absolute Gasteiger partial charge is 0.477 e. The first-order valence-electron chi connectivity index (χ1n) is 12.9. The topological polar surface area (TPSA) is 57.9 Å². The smallest absolute Gasteiger partial charge is 0.213 e. The third-order valence-corrected chi connectivity index (χ3v) is 8.00. The maximum absolute atomic E-state index is 6.12. The van der Waals surface area contributed by atoms with E-state index in [9.17, 15) is 0 Å². The van der Waals surface area contributed by atoms with E-state index in [1.54, 1.807) is 0 Å². The van der Waals surface area contributed by atoms with Crippen LogP contribution in [0.25, 0.3) is 11.0 Å². The zero-order valence-electron chi connectivity index (χ0n) is 20.1. The fourth-order valence-electron chi connectivity index (χ4n) is 5.94. The van der Waals surface area contributed by atoms with Gasteiger partial charge in [0.2, 0.25) is 5.88 Å². The van der Waals surface area contributed by atoms with Gasteiger partial charge in [-0.15, -0.1) is 0 Å². The Labute approximate surface area is 201 Å². The number of piperazine rings is 1. The first kappa shape index (κ1) is 21.9. The van der Waals surface area contributed by atoms with Crippen LogP contribution < -0.4 is 9.64 Å². The Morgan fingerprint density at radius 1 is 1.03 bits per heavy atom. The molecule has 3 aromatic rings. The normalized spacial score (nSPS) is 26.1. The molecule has 6 rings (SSSR count). The molecule has 3 atom stereocenters. The Balaban J connectivity index is 0.994. The van der Waals surface area contributed by atoms with Crippen LogP contribution in [-0.4, -0.2) is 71.4 Å². The first-order chi connectivity index (χ1) is 16.7. The summed E-state index contributed by atoms with van der Waals surface area (Å²) in [6.45, 7) is 9.43. The summed E-state index contributed by atoms with van der Waals surface area (Å²) >= 11 is 0. The number of aromatic nitrogens is 2. The molecule has 0 radical (unpaired) electrons. The maximum atomic E-state index is 6.12. The fourth-order valence-corrected chi connectivity index (χ4v) is 5.94. The molecule has 34 heavy (non-hydrogen) atoms. The minimum Gasteiger partial charge on any atom is -0.477 e. The number of piperidine rings is 1. The minimum absolute atomic E-state index is 0.558. The van der Waals surface area contributed by atoms with Gasteiger partial charge in [0.1, 0.15) is 0 Å². The van der Waals surface area contributed by atoms with Crippen molar-refractivity contribution in [2.75, 3.05) is 44.2 Å². The highest BCUT2D eigenvalue weighted by Crippen LogP contribution is 2.31. The second-order valence-corrected chi connectivity index (χ2v) is 10.3. The van der Waals surface area contributed by atoms with Crippen LogP contribution in [0.1, 0.15) is 38.2 Å². The predicted octanol–water partition coefficient (Wildman–Crippen LogP) is 4.19. The first-order valence-corrected chi connectivity index (χ1v) is 12.9. The van der Waals surface area contributed by atoms with Gasteiger partial charge in [0, 0.05) is 63.0 Å². The van der Waals surface area contributed by atoms with Gasteiger partial charge in [-0.05, 0) is 56.8 Å². The number of hydrogen-bond donors (Lipinski definition) is 0. The van der Waals surface area contributed by atoms with E-state index in [2.05, 4.69) is 50.0 Å². The molecule has 2 aromatic heterocycles. The van der Waals surface area contributed by atoms with Crippen LogP contribution in [0.4, 0.5) is 5.82 Å². The van der Waals surface area contributed by atoms with E-state index in [4.69, 9.17) is 9.26 Å². The van der Waals surface area contributed by atoms with Gasteiger partial charge >= 0.3 is 0 Å². The number of ether oxygens (including phenoxy) is 1. The SMILES string of the molecule is CC1CCCN1Cc1ccc(OC[C@@H]2CC[C@H]3CN(c4noc5ccccc45)CCN3C2)nc1. The summed E-state index contributed by atoms with van der Waals surface area (Å²) in [7, 11) is 0. The molecule has 3 aliphatic heterocycles. The van der Waals surface area contributed by atoms with Crippen molar-refractivity contribution in [2.45, 2.75) is 51.2 Å².